The van der Waals surface area contributed by atoms with Gasteiger partial charge in [0.25, 0.3) is 15.9 Å². The molecule has 1 atom stereocenters. The molecule has 8 heteroatoms. The number of sulfonamides is 1. The van der Waals surface area contributed by atoms with Gasteiger partial charge in [0.1, 0.15) is 11.5 Å². The van der Waals surface area contributed by atoms with Gasteiger partial charge in [-0.2, -0.15) is 0 Å². The van der Waals surface area contributed by atoms with Gasteiger partial charge in [-0.05, 0) is 86.0 Å². The number of rotatable bonds is 10. The zero-order valence-corrected chi connectivity index (χ0v) is 20.6. The molecule has 0 saturated carbocycles. The highest BCUT2D eigenvalue weighted by atomic mass is 32.2. The molecule has 0 fully saturated rings. The van der Waals surface area contributed by atoms with Crippen LogP contribution in [0, 0.1) is 0 Å². The standard InChI is InChI=1S/C26H30N2O5S/c1-5-32-23-14-8-22(9-15-23)28-34(30,31)25-16-10-21(11-17-25)27-26(29)19(4)33-24-12-6-20(7-13-24)18(2)3/h6-19,28H,5H2,1-4H3,(H,27,29). The molecule has 0 radical (unpaired) electrons. The van der Waals surface area contributed by atoms with Gasteiger partial charge in [0, 0.05) is 11.4 Å². The molecule has 0 aliphatic rings. The van der Waals surface area contributed by atoms with Crippen LogP contribution in [0.3, 0.4) is 0 Å². The Labute approximate surface area is 201 Å². The van der Waals surface area contributed by atoms with E-state index in [9.17, 15) is 13.2 Å². The number of nitrogens with one attached hydrogen (secondary N) is 2. The molecule has 34 heavy (non-hydrogen) atoms. The van der Waals surface area contributed by atoms with Crippen LogP contribution < -0.4 is 19.5 Å². The summed E-state index contributed by atoms with van der Waals surface area (Å²) in [5.74, 6) is 1.35. The van der Waals surface area contributed by atoms with Gasteiger partial charge >= 0.3 is 0 Å². The molecule has 0 heterocycles. The average Bonchev–Trinajstić information content (AvgIpc) is 2.81. The van der Waals surface area contributed by atoms with Gasteiger partial charge < -0.3 is 14.8 Å². The summed E-state index contributed by atoms with van der Waals surface area (Å²) in [6, 6.07) is 20.2. The number of hydrogen-bond donors (Lipinski definition) is 2. The van der Waals surface area contributed by atoms with E-state index in [2.05, 4.69) is 23.9 Å². The maximum Gasteiger partial charge on any atom is 0.265 e. The molecule has 0 saturated heterocycles. The summed E-state index contributed by atoms with van der Waals surface area (Å²) in [5, 5.41) is 2.75. The van der Waals surface area contributed by atoms with Crippen molar-refractivity contribution in [3.05, 3.63) is 78.4 Å². The molecular weight excluding hydrogens is 452 g/mol. The van der Waals surface area contributed by atoms with Crippen LogP contribution in [0.15, 0.2) is 77.7 Å². The van der Waals surface area contributed by atoms with E-state index in [-0.39, 0.29) is 10.8 Å². The summed E-state index contributed by atoms with van der Waals surface area (Å²) >= 11 is 0. The maximum absolute atomic E-state index is 12.7. The van der Waals surface area contributed by atoms with Crippen molar-refractivity contribution >= 4 is 27.3 Å². The molecule has 0 aliphatic carbocycles. The molecule has 0 bridgehead atoms. The Hall–Kier alpha value is -3.52. The predicted octanol–water partition coefficient (Wildman–Crippen LogP) is 5.42. The van der Waals surface area contributed by atoms with Crippen LogP contribution >= 0.6 is 0 Å². The van der Waals surface area contributed by atoms with Crippen molar-refractivity contribution in [3.8, 4) is 11.5 Å². The largest absolute Gasteiger partial charge is 0.494 e. The molecule has 0 aliphatic heterocycles. The normalized spacial score (nSPS) is 12.1. The number of carbonyl (C=O) groups excluding carboxylic acids is 1. The number of ether oxygens (including phenoxy) is 2. The quantitative estimate of drug-likeness (QED) is 0.403. The van der Waals surface area contributed by atoms with Crippen LogP contribution in [0.2, 0.25) is 0 Å². The predicted molar refractivity (Wildman–Crippen MR) is 134 cm³/mol. The van der Waals surface area contributed by atoms with Crippen molar-refractivity contribution < 1.29 is 22.7 Å². The van der Waals surface area contributed by atoms with Gasteiger partial charge in [-0.25, -0.2) is 8.42 Å². The lowest BCUT2D eigenvalue weighted by molar-refractivity contribution is -0.122. The second kappa shape index (κ2) is 11.1. The first-order valence-electron chi connectivity index (χ1n) is 11.1. The topological polar surface area (TPSA) is 93.7 Å². The fourth-order valence-corrected chi connectivity index (χ4v) is 4.21. The van der Waals surface area contributed by atoms with Gasteiger partial charge in [0.05, 0.1) is 11.5 Å². The third kappa shape index (κ3) is 6.74. The van der Waals surface area contributed by atoms with Gasteiger partial charge in [0.2, 0.25) is 0 Å². The highest BCUT2D eigenvalue weighted by molar-refractivity contribution is 7.92. The molecule has 2 N–H and O–H groups in total. The number of carbonyl (C=O) groups is 1. The minimum absolute atomic E-state index is 0.0777. The first-order chi connectivity index (χ1) is 16.2. The van der Waals surface area contributed by atoms with E-state index in [1.807, 2.05) is 31.2 Å². The first kappa shape index (κ1) is 25.1. The van der Waals surface area contributed by atoms with Crippen LogP contribution in [0.5, 0.6) is 11.5 Å². The molecule has 3 aromatic rings. The number of anilines is 2. The SMILES string of the molecule is CCOc1ccc(NS(=O)(=O)c2ccc(NC(=O)C(C)Oc3ccc(C(C)C)cc3)cc2)cc1. The first-order valence-corrected chi connectivity index (χ1v) is 12.6. The van der Waals surface area contributed by atoms with Crippen LogP contribution in [0.25, 0.3) is 0 Å². The van der Waals surface area contributed by atoms with Crippen molar-refractivity contribution in [1.29, 1.82) is 0 Å². The lowest BCUT2D eigenvalue weighted by atomic mass is 10.0. The Morgan fingerprint density at radius 1 is 0.824 bits per heavy atom. The fourth-order valence-electron chi connectivity index (χ4n) is 3.15. The van der Waals surface area contributed by atoms with Crippen molar-refractivity contribution in [2.45, 2.75) is 44.6 Å². The minimum atomic E-state index is -3.78. The minimum Gasteiger partial charge on any atom is -0.494 e. The summed E-state index contributed by atoms with van der Waals surface area (Å²) in [7, 11) is -3.78. The van der Waals surface area contributed by atoms with Crippen molar-refractivity contribution in [2.24, 2.45) is 0 Å². The molecule has 7 nitrogen and oxygen atoms in total. The highest BCUT2D eigenvalue weighted by Crippen LogP contribution is 2.22. The average molecular weight is 483 g/mol. The summed E-state index contributed by atoms with van der Waals surface area (Å²) in [6.45, 7) is 8.29. The highest BCUT2D eigenvalue weighted by Gasteiger charge is 2.17. The van der Waals surface area contributed by atoms with Gasteiger partial charge in [-0.15, -0.1) is 0 Å². The summed E-state index contributed by atoms with van der Waals surface area (Å²) in [6.07, 6.45) is -0.727. The Morgan fingerprint density at radius 3 is 1.94 bits per heavy atom. The Morgan fingerprint density at radius 2 is 1.38 bits per heavy atom. The Balaban J connectivity index is 1.59. The molecule has 3 rings (SSSR count). The third-order valence-electron chi connectivity index (χ3n) is 5.08. The molecule has 0 aromatic heterocycles. The van der Waals surface area contributed by atoms with Gasteiger partial charge in [0.15, 0.2) is 6.10 Å². The number of amides is 1. The van der Waals surface area contributed by atoms with E-state index in [1.54, 1.807) is 31.2 Å². The van der Waals surface area contributed by atoms with E-state index >= 15 is 0 Å². The van der Waals surface area contributed by atoms with E-state index in [0.717, 1.165) is 0 Å². The zero-order chi connectivity index (χ0) is 24.7. The molecule has 1 unspecified atom stereocenters. The third-order valence-corrected chi connectivity index (χ3v) is 6.48. The van der Waals surface area contributed by atoms with E-state index < -0.39 is 16.1 Å². The monoisotopic (exact) mass is 482 g/mol. The number of hydrogen-bond acceptors (Lipinski definition) is 5. The molecule has 0 spiro atoms. The lowest BCUT2D eigenvalue weighted by Crippen LogP contribution is -2.30. The molecule has 180 valence electrons. The van der Waals surface area contributed by atoms with Crippen LogP contribution in [0.1, 0.15) is 39.2 Å². The van der Waals surface area contributed by atoms with Gasteiger partial charge in [-0.1, -0.05) is 26.0 Å². The molecule has 1 amide bonds. The van der Waals surface area contributed by atoms with Crippen molar-refractivity contribution in [1.82, 2.24) is 0 Å². The smallest absolute Gasteiger partial charge is 0.265 e. The summed E-state index contributed by atoms with van der Waals surface area (Å²) < 4.78 is 39.0. The van der Waals surface area contributed by atoms with E-state index in [0.29, 0.717) is 35.4 Å². The maximum atomic E-state index is 12.7. The van der Waals surface area contributed by atoms with E-state index in [4.69, 9.17) is 9.47 Å². The second-order valence-electron chi connectivity index (χ2n) is 8.06. The van der Waals surface area contributed by atoms with Crippen molar-refractivity contribution in [3.63, 3.8) is 0 Å². The van der Waals surface area contributed by atoms with E-state index in [1.165, 1.54) is 29.8 Å². The zero-order valence-electron chi connectivity index (χ0n) is 19.7. The van der Waals surface area contributed by atoms with Crippen molar-refractivity contribution in [2.75, 3.05) is 16.6 Å². The number of benzene rings is 3. The Kier molecular flexibility index (Phi) is 8.17. The van der Waals surface area contributed by atoms with Crippen LogP contribution in [-0.4, -0.2) is 27.0 Å². The summed E-state index contributed by atoms with van der Waals surface area (Å²) in [5.41, 5.74) is 2.08. The molecular formula is C26H30N2O5S. The summed E-state index contributed by atoms with van der Waals surface area (Å²) in [4.78, 5) is 12.6. The van der Waals surface area contributed by atoms with Gasteiger partial charge in [-0.3, -0.25) is 9.52 Å². The second-order valence-corrected chi connectivity index (χ2v) is 9.74. The van der Waals surface area contributed by atoms with Crippen LogP contribution in [-0.2, 0) is 14.8 Å². The fraction of sp³-hybridized carbons (Fsp3) is 0.269. The Bertz CT molecular complexity index is 1190. The lowest BCUT2D eigenvalue weighted by Gasteiger charge is -2.16. The molecule has 3 aromatic carbocycles. The van der Waals surface area contributed by atoms with Crippen LogP contribution in [0.4, 0.5) is 11.4 Å².